The van der Waals surface area contributed by atoms with E-state index >= 15 is 0 Å². The van der Waals surface area contributed by atoms with Gasteiger partial charge in [0.1, 0.15) is 0 Å². The number of carbonyl (C=O) groups excluding carboxylic acids is 1. The molecule has 120 valence electrons. The van der Waals surface area contributed by atoms with Crippen LogP contribution in [-0.2, 0) is 9.53 Å². The second kappa shape index (κ2) is 8.13. The Morgan fingerprint density at radius 3 is 2.91 bits per heavy atom. The van der Waals surface area contributed by atoms with E-state index < -0.39 is 0 Å². The molecule has 1 aromatic heterocycles. The number of carbonyl (C=O) groups is 1. The van der Waals surface area contributed by atoms with Crippen LogP contribution < -0.4 is 0 Å². The summed E-state index contributed by atoms with van der Waals surface area (Å²) >= 11 is 0. The van der Waals surface area contributed by atoms with Gasteiger partial charge in [-0.05, 0) is 42.3 Å². The van der Waals surface area contributed by atoms with Crippen molar-refractivity contribution in [2.75, 3.05) is 13.7 Å². The van der Waals surface area contributed by atoms with Crippen molar-refractivity contribution in [2.45, 2.75) is 19.8 Å². The number of nitrogens with zero attached hydrogens (tertiary/aromatic N) is 1. The molecule has 0 amide bonds. The third kappa shape index (κ3) is 4.42. The lowest BCUT2D eigenvalue weighted by Crippen LogP contribution is -2.01. The van der Waals surface area contributed by atoms with E-state index in [-0.39, 0.29) is 5.97 Å². The van der Waals surface area contributed by atoms with Gasteiger partial charge in [0.2, 0.25) is 0 Å². The molecule has 0 aliphatic carbocycles. The molecule has 1 aromatic carbocycles. The largest absolute Gasteiger partial charge is 0.463 e. The Labute approximate surface area is 136 Å². The van der Waals surface area contributed by atoms with Gasteiger partial charge in [0.25, 0.3) is 0 Å². The SMILES string of the molecule is C=CC(=NC)c1cc2cc(/C=C/C(=O)OCCCC)ccc2[nH]1. The van der Waals surface area contributed by atoms with Crippen LogP contribution in [0.25, 0.3) is 17.0 Å². The van der Waals surface area contributed by atoms with Crippen LogP contribution in [0.3, 0.4) is 0 Å². The van der Waals surface area contributed by atoms with Crippen LogP contribution in [0.1, 0.15) is 31.0 Å². The third-order valence-corrected chi connectivity index (χ3v) is 3.51. The Bertz CT molecular complexity index is 754. The Balaban J connectivity index is 2.14. The molecule has 0 atom stereocenters. The lowest BCUT2D eigenvalue weighted by Gasteiger charge is -1.99. The minimum absolute atomic E-state index is 0.305. The molecule has 0 bridgehead atoms. The van der Waals surface area contributed by atoms with Crippen LogP contribution in [-0.4, -0.2) is 30.3 Å². The fourth-order valence-corrected chi connectivity index (χ4v) is 2.24. The summed E-state index contributed by atoms with van der Waals surface area (Å²) in [5.41, 5.74) is 3.71. The highest BCUT2D eigenvalue weighted by Crippen LogP contribution is 2.19. The highest BCUT2D eigenvalue weighted by Gasteiger charge is 2.04. The number of allylic oxidation sites excluding steroid dienone is 1. The molecule has 0 saturated carbocycles. The van der Waals surface area contributed by atoms with Gasteiger partial charge in [0, 0.05) is 24.0 Å². The first kappa shape index (κ1) is 16.7. The maximum atomic E-state index is 11.6. The number of hydrogen-bond acceptors (Lipinski definition) is 3. The van der Waals surface area contributed by atoms with Gasteiger partial charge in [-0.3, -0.25) is 4.99 Å². The number of nitrogens with one attached hydrogen (secondary N) is 1. The molecular formula is C19H22N2O2. The molecule has 2 aromatic rings. The van der Waals surface area contributed by atoms with Gasteiger partial charge in [-0.25, -0.2) is 4.79 Å². The summed E-state index contributed by atoms with van der Waals surface area (Å²) in [5, 5.41) is 1.06. The molecule has 0 aliphatic rings. The molecular weight excluding hydrogens is 288 g/mol. The second-order valence-electron chi connectivity index (χ2n) is 5.20. The van der Waals surface area contributed by atoms with Crippen LogP contribution in [0.4, 0.5) is 0 Å². The summed E-state index contributed by atoms with van der Waals surface area (Å²) in [5.74, 6) is -0.305. The summed E-state index contributed by atoms with van der Waals surface area (Å²) in [6.07, 6.45) is 6.85. The van der Waals surface area contributed by atoms with Gasteiger partial charge in [0.05, 0.1) is 18.0 Å². The number of rotatable bonds is 7. The average molecular weight is 310 g/mol. The first-order valence-corrected chi connectivity index (χ1v) is 7.75. The molecule has 0 spiro atoms. The summed E-state index contributed by atoms with van der Waals surface area (Å²) in [4.78, 5) is 19.1. The predicted octanol–water partition coefficient (Wildman–Crippen LogP) is 4.13. The van der Waals surface area contributed by atoms with Gasteiger partial charge in [0.15, 0.2) is 0 Å². The molecule has 4 nitrogen and oxygen atoms in total. The number of aromatic nitrogens is 1. The number of H-pyrrole nitrogens is 1. The topological polar surface area (TPSA) is 54.4 Å². The second-order valence-corrected chi connectivity index (χ2v) is 5.20. The van der Waals surface area contributed by atoms with Crippen LogP contribution in [0.5, 0.6) is 0 Å². The molecule has 1 heterocycles. The monoisotopic (exact) mass is 310 g/mol. The van der Waals surface area contributed by atoms with Crippen molar-refractivity contribution in [1.82, 2.24) is 4.98 Å². The van der Waals surface area contributed by atoms with E-state index in [0.29, 0.717) is 6.61 Å². The van der Waals surface area contributed by atoms with E-state index in [1.807, 2.05) is 24.3 Å². The number of unbranched alkanes of at least 4 members (excludes halogenated alkanes) is 1. The Hall–Kier alpha value is -2.62. The summed E-state index contributed by atoms with van der Waals surface area (Å²) < 4.78 is 5.10. The number of esters is 1. The number of hydrogen-bond donors (Lipinski definition) is 1. The van der Waals surface area contributed by atoms with E-state index in [4.69, 9.17) is 4.74 Å². The van der Waals surface area contributed by atoms with Crippen molar-refractivity contribution < 1.29 is 9.53 Å². The van der Waals surface area contributed by atoms with Crippen LogP contribution in [0.15, 0.2) is 48.0 Å². The zero-order valence-electron chi connectivity index (χ0n) is 13.6. The summed E-state index contributed by atoms with van der Waals surface area (Å²) in [7, 11) is 1.74. The minimum Gasteiger partial charge on any atom is -0.463 e. The quantitative estimate of drug-likeness (QED) is 0.362. The lowest BCUT2D eigenvalue weighted by atomic mass is 10.1. The van der Waals surface area contributed by atoms with Gasteiger partial charge < -0.3 is 9.72 Å². The first-order chi connectivity index (χ1) is 11.2. The lowest BCUT2D eigenvalue weighted by molar-refractivity contribution is -0.137. The van der Waals surface area contributed by atoms with Gasteiger partial charge in [-0.15, -0.1) is 0 Å². The number of aromatic amines is 1. The maximum Gasteiger partial charge on any atom is 0.330 e. The van der Waals surface area contributed by atoms with Crippen molar-refractivity contribution in [3.63, 3.8) is 0 Å². The molecule has 2 rings (SSSR count). The average Bonchev–Trinajstić information content (AvgIpc) is 2.97. The van der Waals surface area contributed by atoms with Gasteiger partial charge >= 0.3 is 5.97 Å². The Morgan fingerprint density at radius 2 is 2.22 bits per heavy atom. The molecule has 4 heteroatoms. The van der Waals surface area contributed by atoms with Crippen LogP contribution in [0.2, 0.25) is 0 Å². The van der Waals surface area contributed by atoms with Crippen LogP contribution >= 0.6 is 0 Å². The number of ether oxygens (including phenoxy) is 1. The Morgan fingerprint density at radius 1 is 1.39 bits per heavy atom. The van der Waals surface area contributed by atoms with E-state index in [9.17, 15) is 4.79 Å². The van der Waals surface area contributed by atoms with Crippen molar-refractivity contribution in [3.05, 3.63) is 54.3 Å². The maximum absolute atomic E-state index is 11.6. The van der Waals surface area contributed by atoms with Crippen molar-refractivity contribution in [3.8, 4) is 0 Å². The van der Waals surface area contributed by atoms with E-state index in [2.05, 4.69) is 23.5 Å². The van der Waals surface area contributed by atoms with Crippen LogP contribution in [0, 0.1) is 0 Å². The fourth-order valence-electron chi connectivity index (χ4n) is 2.24. The predicted molar refractivity (Wildman–Crippen MR) is 95.9 cm³/mol. The number of benzene rings is 1. The van der Waals surface area contributed by atoms with E-state index in [1.54, 1.807) is 19.2 Å². The first-order valence-electron chi connectivity index (χ1n) is 7.75. The minimum atomic E-state index is -0.305. The van der Waals surface area contributed by atoms with E-state index in [0.717, 1.165) is 40.7 Å². The molecule has 0 saturated heterocycles. The highest BCUT2D eigenvalue weighted by atomic mass is 16.5. The van der Waals surface area contributed by atoms with E-state index in [1.165, 1.54) is 6.08 Å². The zero-order valence-corrected chi connectivity index (χ0v) is 13.6. The number of fused-ring (bicyclic) bond motifs is 1. The molecule has 0 fully saturated rings. The zero-order chi connectivity index (χ0) is 16.7. The summed E-state index contributed by atoms with van der Waals surface area (Å²) in [6.45, 7) is 6.30. The molecule has 0 unspecified atom stereocenters. The summed E-state index contributed by atoms with van der Waals surface area (Å²) in [6, 6.07) is 7.98. The third-order valence-electron chi connectivity index (χ3n) is 3.51. The molecule has 1 N–H and O–H groups in total. The molecule has 0 aliphatic heterocycles. The van der Waals surface area contributed by atoms with Gasteiger partial charge in [-0.2, -0.15) is 0 Å². The van der Waals surface area contributed by atoms with Crippen molar-refractivity contribution in [1.29, 1.82) is 0 Å². The normalized spacial score (nSPS) is 12.0. The fraction of sp³-hybridized carbons (Fsp3) is 0.263. The Kier molecular flexibility index (Phi) is 5.92. The standard InChI is InChI=1S/C19H22N2O2/c1-4-6-11-23-19(22)10-8-14-7-9-17-15(12-14)13-18(21-17)16(5-2)20-3/h5,7-10,12-13,21H,2,4,6,11H2,1,3H3/b10-8+,20-16?. The van der Waals surface area contributed by atoms with Crippen molar-refractivity contribution in [2.24, 2.45) is 4.99 Å². The highest BCUT2D eigenvalue weighted by molar-refractivity contribution is 6.09. The van der Waals surface area contributed by atoms with Gasteiger partial charge in [-0.1, -0.05) is 26.0 Å². The number of aliphatic imine (C=N–C) groups is 1. The molecule has 0 radical (unpaired) electrons. The smallest absolute Gasteiger partial charge is 0.330 e. The molecule has 23 heavy (non-hydrogen) atoms. The van der Waals surface area contributed by atoms with Crippen molar-refractivity contribution >= 4 is 28.7 Å².